The maximum atomic E-state index is 9.25. The van der Waals surface area contributed by atoms with Crippen LogP contribution in [0.15, 0.2) is 12.1 Å². The minimum absolute atomic E-state index is 0.0519. The van der Waals surface area contributed by atoms with Crippen LogP contribution in [0.4, 0.5) is 0 Å². The first-order valence-electron chi connectivity index (χ1n) is 6.68. The third-order valence-electron chi connectivity index (χ3n) is 2.85. The summed E-state index contributed by atoms with van der Waals surface area (Å²) in [6, 6.07) is 3.63. The molecule has 0 aliphatic carbocycles. The fourth-order valence-corrected chi connectivity index (χ4v) is 1.83. The molecule has 114 valence electrons. The maximum absolute atomic E-state index is 9.25. The summed E-state index contributed by atoms with van der Waals surface area (Å²) >= 11 is 6.28. The summed E-state index contributed by atoms with van der Waals surface area (Å²) in [5, 5.41) is 13.1. The summed E-state index contributed by atoms with van der Waals surface area (Å²) in [5.74, 6) is 1.29. The number of halogens is 1. The Labute approximate surface area is 126 Å². The Bertz CT molecular complexity index is 447. The Hall–Kier alpha value is -0.970. The standard InChI is InChI=1S/C15H24ClNO3/c1-10(2)20-14-7-12(16)11(6-13(14)19-5)8-17-15(3,4)9-18/h6-7,10,17-18H,8-9H2,1-5H3. The molecular formula is C15H24ClNO3. The summed E-state index contributed by atoms with van der Waals surface area (Å²) in [6.45, 7) is 8.35. The zero-order chi connectivity index (χ0) is 15.3. The van der Waals surface area contributed by atoms with Crippen LogP contribution in [-0.4, -0.2) is 30.5 Å². The fourth-order valence-electron chi connectivity index (χ4n) is 1.61. The van der Waals surface area contributed by atoms with Gasteiger partial charge < -0.3 is 19.9 Å². The first-order valence-corrected chi connectivity index (χ1v) is 7.06. The zero-order valence-corrected chi connectivity index (χ0v) is 13.5. The number of nitrogens with one attached hydrogen (secondary N) is 1. The number of hydrogen-bond donors (Lipinski definition) is 2. The summed E-state index contributed by atoms with van der Waals surface area (Å²) in [7, 11) is 1.60. The number of methoxy groups -OCH3 is 1. The highest BCUT2D eigenvalue weighted by atomic mass is 35.5. The van der Waals surface area contributed by atoms with E-state index in [1.165, 1.54) is 0 Å². The minimum Gasteiger partial charge on any atom is -0.493 e. The number of aliphatic hydroxyl groups excluding tert-OH is 1. The van der Waals surface area contributed by atoms with E-state index in [2.05, 4.69) is 5.32 Å². The molecule has 0 heterocycles. The van der Waals surface area contributed by atoms with Crippen molar-refractivity contribution in [1.82, 2.24) is 5.32 Å². The number of benzene rings is 1. The molecule has 0 saturated heterocycles. The highest BCUT2D eigenvalue weighted by molar-refractivity contribution is 6.31. The van der Waals surface area contributed by atoms with Gasteiger partial charge in [0.2, 0.25) is 0 Å². The number of hydrogen-bond acceptors (Lipinski definition) is 4. The molecule has 5 heteroatoms. The lowest BCUT2D eigenvalue weighted by atomic mass is 10.1. The Balaban J connectivity index is 2.93. The second-order valence-electron chi connectivity index (χ2n) is 5.66. The van der Waals surface area contributed by atoms with Crippen LogP contribution in [0, 0.1) is 0 Å². The van der Waals surface area contributed by atoms with E-state index in [9.17, 15) is 5.11 Å². The summed E-state index contributed by atoms with van der Waals surface area (Å²) < 4.78 is 11.0. The predicted octanol–water partition coefficient (Wildman–Crippen LogP) is 3.00. The lowest BCUT2D eigenvalue weighted by molar-refractivity contribution is 0.187. The van der Waals surface area contributed by atoms with Crippen molar-refractivity contribution in [3.63, 3.8) is 0 Å². The zero-order valence-electron chi connectivity index (χ0n) is 12.8. The topological polar surface area (TPSA) is 50.7 Å². The monoisotopic (exact) mass is 301 g/mol. The van der Waals surface area contributed by atoms with Crippen LogP contribution in [0.1, 0.15) is 33.3 Å². The van der Waals surface area contributed by atoms with Crippen molar-refractivity contribution in [2.24, 2.45) is 0 Å². The van der Waals surface area contributed by atoms with Gasteiger partial charge in [0.05, 0.1) is 19.8 Å². The molecule has 0 saturated carbocycles. The van der Waals surface area contributed by atoms with Crippen LogP contribution in [-0.2, 0) is 6.54 Å². The first-order chi connectivity index (χ1) is 9.29. The first kappa shape index (κ1) is 17.1. The molecule has 1 rings (SSSR count). The Morgan fingerprint density at radius 1 is 1.30 bits per heavy atom. The molecule has 0 aliphatic heterocycles. The molecule has 0 bridgehead atoms. The van der Waals surface area contributed by atoms with Crippen LogP contribution >= 0.6 is 11.6 Å². The molecule has 0 radical (unpaired) electrons. The smallest absolute Gasteiger partial charge is 0.163 e. The summed E-state index contributed by atoms with van der Waals surface area (Å²) in [5.41, 5.74) is 0.546. The SMILES string of the molecule is COc1cc(CNC(C)(C)CO)c(Cl)cc1OC(C)C. The minimum atomic E-state index is -0.357. The maximum Gasteiger partial charge on any atom is 0.163 e. The van der Waals surface area contributed by atoms with Crippen LogP contribution in [0.5, 0.6) is 11.5 Å². The molecule has 0 aromatic heterocycles. The third kappa shape index (κ3) is 4.85. The van der Waals surface area contributed by atoms with Gasteiger partial charge in [-0.2, -0.15) is 0 Å². The number of aliphatic hydroxyl groups is 1. The average molecular weight is 302 g/mol. The van der Waals surface area contributed by atoms with Crippen LogP contribution < -0.4 is 14.8 Å². The Morgan fingerprint density at radius 2 is 1.95 bits per heavy atom. The van der Waals surface area contributed by atoms with Gasteiger partial charge in [0.15, 0.2) is 11.5 Å². The van der Waals surface area contributed by atoms with Gasteiger partial charge in [-0.25, -0.2) is 0 Å². The van der Waals surface area contributed by atoms with Crippen molar-refractivity contribution >= 4 is 11.6 Å². The van der Waals surface area contributed by atoms with Crippen LogP contribution in [0.25, 0.3) is 0 Å². The highest BCUT2D eigenvalue weighted by Crippen LogP contribution is 2.34. The van der Waals surface area contributed by atoms with Gasteiger partial charge in [-0.05, 0) is 39.3 Å². The molecular weight excluding hydrogens is 278 g/mol. The van der Waals surface area contributed by atoms with Crippen molar-refractivity contribution in [3.05, 3.63) is 22.7 Å². The molecule has 0 amide bonds. The molecule has 0 unspecified atom stereocenters. The molecule has 2 N–H and O–H groups in total. The molecule has 0 fully saturated rings. The van der Waals surface area contributed by atoms with Crippen LogP contribution in [0.3, 0.4) is 0 Å². The van der Waals surface area contributed by atoms with E-state index < -0.39 is 0 Å². The number of ether oxygens (including phenoxy) is 2. The number of rotatable bonds is 7. The quantitative estimate of drug-likeness (QED) is 0.813. The van der Waals surface area contributed by atoms with Crippen molar-refractivity contribution in [2.75, 3.05) is 13.7 Å². The Morgan fingerprint density at radius 3 is 2.45 bits per heavy atom. The Kier molecular flexibility index (Phi) is 6.11. The van der Waals surface area contributed by atoms with Gasteiger partial charge in [-0.3, -0.25) is 0 Å². The largest absolute Gasteiger partial charge is 0.493 e. The van der Waals surface area contributed by atoms with Crippen molar-refractivity contribution in [2.45, 2.75) is 45.9 Å². The van der Waals surface area contributed by atoms with Gasteiger partial charge >= 0.3 is 0 Å². The van der Waals surface area contributed by atoms with E-state index in [0.717, 1.165) is 5.56 Å². The van der Waals surface area contributed by atoms with Gasteiger partial charge in [-0.1, -0.05) is 11.6 Å². The molecule has 20 heavy (non-hydrogen) atoms. The molecule has 0 atom stereocenters. The highest BCUT2D eigenvalue weighted by Gasteiger charge is 2.17. The van der Waals surface area contributed by atoms with Crippen molar-refractivity contribution in [1.29, 1.82) is 0 Å². The van der Waals surface area contributed by atoms with Gasteiger partial charge in [0, 0.05) is 23.2 Å². The summed E-state index contributed by atoms with van der Waals surface area (Å²) in [6.07, 6.45) is 0.0530. The fraction of sp³-hybridized carbons (Fsp3) is 0.600. The lowest BCUT2D eigenvalue weighted by Crippen LogP contribution is -2.42. The van der Waals surface area contributed by atoms with E-state index in [1.807, 2.05) is 33.8 Å². The molecule has 0 aliphatic rings. The molecule has 4 nitrogen and oxygen atoms in total. The van der Waals surface area contributed by atoms with Crippen molar-refractivity contribution < 1.29 is 14.6 Å². The van der Waals surface area contributed by atoms with Crippen molar-refractivity contribution in [3.8, 4) is 11.5 Å². The van der Waals surface area contributed by atoms with Crippen LogP contribution in [0.2, 0.25) is 5.02 Å². The molecule has 1 aromatic carbocycles. The van der Waals surface area contributed by atoms with E-state index in [-0.39, 0.29) is 18.2 Å². The van der Waals surface area contributed by atoms with E-state index in [4.69, 9.17) is 21.1 Å². The second-order valence-corrected chi connectivity index (χ2v) is 6.06. The van der Waals surface area contributed by atoms with E-state index >= 15 is 0 Å². The average Bonchev–Trinajstić information content (AvgIpc) is 2.37. The third-order valence-corrected chi connectivity index (χ3v) is 3.20. The van der Waals surface area contributed by atoms with E-state index in [0.29, 0.717) is 23.1 Å². The van der Waals surface area contributed by atoms with Gasteiger partial charge in [0.1, 0.15) is 0 Å². The van der Waals surface area contributed by atoms with Gasteiger partial charge in [-0.15, -0.1) is 0 Å². The predicted molar refractivity (Wildman–Crippen MR) is 81.8 cm³/mol. The second kappa shape index (κ2) is 7.16. The van der Waals surface area contributed by atoms with E-state index in [1.54, 1.807) is 13.2 Å². The lowest BCUT2D eigenvalue weighted by Gasteiger charge is -2.24. The molecule has 0 spiro atoms. The van der Waals surface area contributed by atoms with Gasteiger partial charge in [0.25, 0.3) is 0 Å². The summed E-state index contributed by atoms with van der Waals surface area (Å²) in [4.78, 5) is 0. The molecule has 1 aromatic rings. The normalized spacial score (nSPS) is 11.8.